The van der Waals surface area contributed by atoms with Gasteiger partial charge in [0.15, 0.2) is 0 Å². The van der Waals surface area contributed by atoms with Gasteiger partial charge in [0.25, 0.3) is 0 Å². The van der Waals surface area contributed by atoms with Gasteiger partial charge < -0.3 is 15.2 Å². The lowest BCUT2D eigenvalue weighted by Crippen LogP contribution is -2.25. The fourth-order valence-electron chi connectivity index (χ4n) is 2.37. The van der Waals surface area contributed by atoms with E-state index in [4.69, 9.17) is 15.2 Å². The minimum atomic E-state index is -0.124. The third-order valence-corrected chi connectivity index (χ3v) is 2.99. The Kier molecular flexibility index (Phi) is 3.04. The van der Waals surface area contributed by atoms with E-state index in [1.807, 2.05) is 13.0 Å². The molecule has 1 aromatic rings. The van der Waals surface area contributed by atoms with Crippen molar-refractivity contribution in [3.63, 3.8) is 0 Å². The molecular formula is C14H21NO2. The van der Waals surface area contributed by atoms with Crippen molar-refractivity contribution in [3.8, 4) is 11.5 Å². The Bertz CT molecular complexity index is 424. The van der Waals surface area contributed by atoms with Gasteiger partial charge in [-0.3, -0.25) is 0 Å². The van der Waals surface area contributed by atoms with Gasteiger partial charge in [0, 0.05) is 18.0 Å². The molecule has 0 saturated heterocycles. The second kappa shape index (κ2) is 4.22. The van der Waals surface area contributed by atoms with E-state index in [0.29, 0.717) is 0 Å². The molecule has 0 aromatic heterocycles. The van der Waals surface area contributed by atoms with Crippen molar-refractivity contribution < 1.29 is 9.47 Å². The predicted octanol–water partition coefficient (Wildman–Crippen LogP) is 2.30. The van der Waals surface area contributed by atoms with E-state index in [2.05, 4.69) is 19.9 Å². The Morgan fingerprint density at radius 3 is 2.76 bits per heavy atom. The first-order valence-corrected chi connectivity index (χ1v) is 6.05. The molecule has 0 saturated carbocycles. The first-order chi connectivity index (χ1) is 7.91. The molecule has 1 aromatic carbocycles. The number of hydrogen-bond donors (Lipinski definition) is 1. The van der Waals surface area contributed by atoms with Crippen molar-refractivity contribution in [2.45, 2.75) is 45.3 Å². The van der Waals surface area contributed by atoms with Crippen LogP contribution >= 0.6 is 0 Å². The number of fused-ring (bicyclic) bond motifs is 1. The van der Waals surface area contributed by atoms with Crippen molar-refractivity contribution in [1.29, 1.82) is 0 Å². The Morgan fingerprint density at radius 1 is 1.47 bits per heavy atom. The molecule has 17 heavy (non-hydrogen) atoms. The highest BCUT2D eigenvalue weighted by atomic mass is 16.5. The molecule has 0 radical (unpaired) electrons. The van der Waals surface area contributed by atoms with E-state index in [1.54, 1.807) is 7.11 Å². The zero-order valence-electron chi connectivity index (χ0n) is 11.0. The van der Waals surface area contributed by atoms with Gasteiger partial charge in [0.1, 0.15) is 17.1 Å². The number of ether oxygens (including phenoxy) is 2. The molecule has 0 fully saturated rings. The van der Waals surface area contributed by atoms with Crippen LogP contribution in [0.2, 0.25) is 0 Å². The number of methoxy groups -OCH3 is 1. The first kappa shape index (κ1) is 12.2. The first-order valence-electron chi connectivity index (χ1n) is 6.05. The average molecular weight is 235 g/mol. The largest absolute Gasteiger partial charge is 0.497 e. The minimum Gasteiger partial charge on any atom is -0.497 e. The van der Waals surface area contributed by atoms with Crippen molar-refractivity contribution in [2.24, 2.45) is 5.73 Å². The molecule has 0 aliphatic carbocycles. The topological polar surface area (TPSA) is 44.5 Å². The van der Waals surface area contributed by atoms with Crippen molar-refractivity contribution in [1.82, 2.24) is 0 Å². The molecule has 0 bridgehead atoms. The van der Waals surface area contributed by atoms with Crippen molar-refractivity contribution in [2.75, 3.05) is 7.11 Å². The van der Waals surface area contributed by atoms with E-state index in [-0.39, 0.29) is 11.6 Å². The molecule has 1 heterocycles. The van der Waals surface area contributed by atoms with E-state index < -0.39 is 0 Å². The van der Waals surface area contributed by atoms with Gasteiger partial charge in [-0.05, 0) is 44.9 Å². The fraction of sp³-hybridized carbons (Fsp3) is 0.571. The van der Waals surface area contributed by atoms with Crippen LogP contribution in [-0.2, 0) is 12.8 Å². The zero-order chi connectivity index (χ0) is 12.6. The van der Waals surface area contributed by atoms with Crippen LogP contribution in [0, 0.1) is 0 Å². The molecule has 1 aliphatic rings. The predicted molar refractivity (Wildman–Crippen MR) is 68.8 cm³/mol. The summed E-state index contributed by atoms with van der Waals surface area (Å²) in [5, 5.41) is 0. The van der Waals surface area contributed by atoms with Crippen LogP contribution in [0.25, 0.3) is 0 Å². The molecule has 94 valence electrons. The molecular weight excluding hydrogens is 214 g/mol. The average Bonchev–Trinajstić information content (AvgIpc) is 2.51. The summed E-state index contributed by atoms with van der Waals surface area (Å²) in [6, 6.07) is 4.22. The van der Waals surface area contributed by atoms with Gasteiger partial charge in [-0.2, -0.15) is 0 Å². The van der Waals surface area contributed by atoms with Crippen LogP contribution in [0.15, 0.2) is 12.1 Å². The van der Waals surface area contributed by atoms with Crippen molar-refractivity contribution >= 4 is 0 Å². The minimum absolute atomic E-state index is 0.124. The summed E-state index contributed by atoms with van der Waals surface area (Å²) < 4.78 is 11.3. The van der Waals surface area contributed by atoms with E-state index in [1.165, 1.54) is 5.56 Å². The van der Waals surface area contributed by atoms with Gasteiger partial charge >= 0.3 is 0 Å². The van der Waals surface area contributed by atoms with Gasteiger partial charge in [0.05, 0.1) is 7.11 Å². The van der Waals surface area contributed by atoms with E-state index in [9.17, 15) is 0 Å². The van der Waals surface area contributed by atoms with Gasteiger partial charge in [-0.25, -0.2) is 0 Å². The normalized spacial score (nSPS) is 18.4. The summed E-state index contributed by atoms with van der Waals surface area (Å²) in [5.74, 6) is 1.90. The summed E-state index contributed by atoms with van der Waals surface area (Å²) in [6.07, 6.45) is 1.74. The standard InChI is InChI=1S/C14H21NO2/c1-9(15)5-10-6-12(16-4)7-11-8-14(2,3)17-13(10)11/h6-7,9H,5,8,15H2,1-4H3. The monoisotopic (exact) mass is 235 g/mol. The number of nitrogens with two attached hydrogens (primary N) is 1. The molecule has 0 amide bonds. The summed E-state index contributed by atoms with van der Waals surface area (Å²) in [7, 11) is 1.69. The molecule has 0 spiro atoms. The lowest BCUT2D eigenvalue weighted by atomic mass is 9.98. The Hall–Kier alpha value is -1.22. The smallest absolute Gasteiger partial charge is 0.126 e. The summed E-state index contributed by atoms with van der Waals surface area (Å²) in [4.78, 5) is 0. The third kappa shape index (κ3) is 2.55. The molecule has 1 atom stereocenters. The second-order valence-electron chi connectivity index (χ2n) is 5.49. The molecule has 2 rings (SSSR count). The molecule has 3 heteroatoms. The van der Waals surface area contributed by atoms with E-state index in [0.717, 1.165) is 29.9 Å². The molecule has 3 nitrogen and oxygen atoms in total. The Balaban J connectivity index is 2.42. The highest BCUT2D eigenvalue weighted by molar-refractivity contribution is 5.50. The van der Waals surface area contributed by atoms with E-state index >= 15 is 0 Å². The second-order valence-corrected chi connectivity index (χ2v) is 5.49. The lowest BCUT2D eigenvalue weighted by Gasteiger charge is -2.18. The molecule has 2 N–H and O–H groups in total. The van der Waals surface area contributed by atoms with Gasteiger partial charge in [-0.15, -0.1) is 0 Å². The highest BCUT2D eigenvalue weighted by Gasteiger charge is 2.32. The summed E-state index contributed by atoms with van der Waals surface area (Å²) in [6.45, 7) is 6.22. The Labute approximate surface area is 103 Å². The van der Waals surface area contributed by atoms with Crippen LogP contribution in [0.5, 0.6) is 11.5 Å². The lowest BCUT2D eigenvalue weighted by molar-refractivity contribution is 0.137. The maximum Gasteiger partial charge on any atom is 0.126 e. The summed E-state index contributed by atoms with van der Waals surface area (Å²) in [5.41, 5.74) is 8.14. The van der Waals surface area contributed by atoms with Crippen LogP contribution in [0.1, 0.15) is 31.9 Å². The maximum absolute atomic E-state index is 6.01. The maximum atomic E-state index is 6.01. The molecule has 1 unspecified atom stereocenters. The summed E-state index contributed by atoms with van der Waals surface area (Å²) >= 11 is 0. The zero-order valence-corrected chi connectivity index (χ0v) is 11.0. The van der Waals surface area contributed by atoms with Crippen LogP contribution in [-0.4, -0.2) is 18.8 Å². The number of rotatable bonds is 3. The van der Waals surface area contributed by atoms with Crippen LogP contribution in [0.4, 0.5) is 0 Å². The number of benzene rings is 1. The Morgan fingerprint density at radius 2 is 2.18 bits per heavy atom. The van der Waals surface area contributed by atoms with Crippen LogP contribution < -0.4 is 15.2 Å². The van der Waals surface area contributed by atoms with Gasteiger partial charge in [-0.1, -0.05) is 0 Å². The number of hydrogen-bond acceptors (Lipinski definition) is 3. The van der Waals surface area contributed by atoms with Crippen molar-refractivity contribution in [3.05, 3.63) is 23.3 Å². The highest BCUT2D eigenvalue weighted by Crippen LogP contribution is 2.40. The molecule has 1 aliphatic heterocycles. The third-order valence-electron chi connectivity index (χ3n) is 2.99. The fourth-order valence-corrected chi connectivity index (χ4v) is 2.37. The quantitative estimate of drug-likeness (QED) is 0.874. The van der Waals surface area contributed by atoms with Crippen LogP contribution in [0.3, 0.4) is 0 Å². The SMILES string of the molecule is COc1cc(CC(C)N)c2c(c1)CC(C)(C)O2. The van der Waals surface area contributed by atoms with Gasteiger partial charge in [0.2, 0.25) is 0 Å².